The van der Waals surface area contributed by atoms with E-state index in [0.717, 1.165) is 6.07 Å². The van der Waals surface area contributed by atoms with Crippen LogP contribution in [0.1, 0.15) is 5.82 Å². The van der Waals surface area contributed by atoms with Gasteiger partial charge in [0.25, 0.3) is 0 Å². The fourth-order valence-corrected chi connectivity index (χ4v) is 3.39. The van der Waals surface area contributed by atoms with Crippen molar-refractivity contribution >= 4 is 15.8 Å². The highest BCUT2D eigenvalue weighted by atomic mass is 32.2. The summed E-state index contributed by atoms with van der Waals surface area (Å²) in [7, 11) is -3.91. The van der Waals surface area contributed by atoms with Gasteiger partial charge in [0.05, 0.1) is 0 Å². The average Bonchev–Trinajstić information content (AvgIpc) is 3.13. The highest BCUT2D eigenvalue weighted by molar-refractivity contribution is 7.89. The van der Waals surface area contributed by atoms with E-state index in [1.54, 1.807) is 36.1 Å². The summed E-state index contributed by atoms with van der Waals surface area (Å²) in [4.78, 5) is 8.16. The van der Waals surface area contributed by atoms with Crippen LogP contribution >= 0.6 is 0 Å². The monoisotopic (exact) mass is 376 g/mol. The lowest BCUT2D eigenvalue weighted by atomic mass is 10.4. The van der Waals surface area contributed by atoms with Gasteiger partial charge >= 0.3 is 0 Å². The number of hydrogen-bond acceptors (Lipinski definition) is 6. The van der Waals surface area contributed by atoms with E-state index < -0.39 is 15.8 Å². The van der Waals surface area contributed by atoms with Crippen LogP contribution < -0.4 is 10.0 Å². The largest absolute Gasteiger partial charge is 0.369 e. The summed E-state index contributed by atoms with van der Waals surface area (Å²) in [6.45, 7) is 2.08. The Kier molecular flexibility index (Phi) is 5.24. The zero-order valence-electron chi connectivity index (χ0n) is 13.9. The van der Waals surface area contributed by atoms with Crippen molar-refractivity contribution in [3.8, 4) is 5.82 Å². The molecule has 3 rings (SSSR count). The van der Waals surface area contributed by atoms with E-state index in [1.807, 2.05) is 0 Å². The Balaban J connectivity index is 1.61. The molecule has 0 amide bonds. The average molecular weight is 376 g/mol. The van der Waals surface area contributed by atoms with Crippen molar-refractivity contribution in [1.82, 2.24) is 24.5 Å². The maximum atomic E-state index is 13.6. The highest BCUT2D eigenvalue weighted by Gasteiger charge is 2.17. The molecule has 0 aliphatic heterocycles. The van der Waals surface area contributed by atoms with E-state index >= 15 is 0 Å². The molecule has 2 aromatic heterocycles. The summed E-state index contributed by atoms with van der Waals surface area (Å²) in [6.07, 6.45) is 3.40. The minimum Gasteiger partial charge on any atom is -0.369 e. The number of aromatic nitrogens is 4. The Labute approximate surface area is 150 Å². The van der Waals surface area contributed by atoms with Crippen molar-refractivity contribution in [2.75, 3.05) is 18.4 Å². The molecule has 0 saturated carbocycles. The van der Waals surface area contributed by atoms with Gasteiger partial charge in [-0.15, -0.1) is 0 Å². The summed E-state index contributed by atoms with van der Waals surface area (Å²) in [6, 6.07) is 8.71. The van der Waals surface area contributed by atoms with Crippen molar-refractivity contribution in [1.29, 1.82) is 0 Å². The molecular weight excluding hydrogens is 359 g/mol. The number of sulfonamides is 1. The predicted octanol–water partition coefficient (Wildman–Crippen LogP) is 1.50. The molecule has 2 heterocycles. The van der Waals surface area contributed by atoms with Gasteiger partial charge in [0, 0.05) is 31.5 Å². The molecule has 0 radical (unpaired) electrons. The molecule has 8 nitrogen and oxygen atoms in total. The Hall–Kier alpha value is -2.85. The summed E-state index contributed by atoms with van der Waals surface area (Å²) in [5.74, 6) is 0.890. The lowest BCUT2D eigenvalue weighted by Crippen LogP contribution is -2.29. The number of hydrogen-bond donors (Lipinski definition) is 2. The van der Waals surface area contributed by atoms with Gasteiger partial charge in [0.15, 0.2) is 5.82 Å². The zero-order chi connectivity index (χ0) is 18.6. The molecule has 10 heteroatoms. The van der Waals surface area contributed by atoms with E-state index in [4.69, 9.17) is 0 Å². The molecule has 0 spiro atoms. The fraction of sp³-hybridized carbons (Fsp3) is 0.188. The van der Waals surface area contributed by atoms with Crippen LogP contribution in [0, 0.1) is 12.7 Å². The molecule has 0 aliphatic carbocycles. The smallest absolute Gasteiger partial charge is 0.243 e. The van der Waals surface area contributed by atoms with Crippen LogP contribution in [0.5, 0.6) is 0 Å². The second kappa shape index (κ2) is 7.58. The molecule has 2 N–H and O–H groups in total. The van der Waals surface area contributed by atoms with Gasteiger partial charge in [-0.25, -0.2) is 32.2 Å². The van der Waals surface area contributed by atoms with Crippen LogP contribution in [0.4, 0.5) is 10.2 Å². The Bertz CT molecular complexity index is 992. The first-order valence-corrected chi connectivity index (χ1v) is 9.28. The first-order chi connectivity index (χ1) is 12.5. The van der Waals surface area contributed by atoms with Crippen molar-refractivity contribution in [3.63, 3.8) is 0 Å². The molecule has 26 heavy (non-hydrogen) atoms. The van der Waals surface area contributed by atoms with Crippen LogP contribution in [0.3, 0.4) is 0 Å². The van der Waals surface area contributed by atoms with E-state index in [0.29, 0.717) is 17.5 Å². The van der Waals surface area contributed by atoms with Crippen LogP contribution in [0.2, 0.25) is 0 Å². The van der Waals surface area contributed by atoms with Gasteiger partial charge in [-0.1, -0.05) is 12.1 Å². The highest BCUT2D eigenvalue weighted by Crippen LogP contribution is 2.13. The molecule has 0 aliphatic rings. The summed E-state index contributed by atoms with van der Waals surface area (Å²) in [5.41, 5.74) is 0. The minimum atomic E-state index is -3.91. The molecule has 0 fully saturated rings. The fourth-order valence-electron chi connectivity index (χ4n) is 2.28. The third kappa shape index (κ3) is 4.21. The minimum absolute atomic E-state index is 0.0663. The van der Waals surface area contributed by atoms with Gasteiger partial charge < -0.3 is 5.32 Å². The van der Waals surface area contributed by atoms with Crippen molar-refractivity contribution in [3.05, 3.63) is 60.4 Å². The topological polar surface area (TPSA) is 102 Å². The normalized spacial score (nSPS) is 11.5. The first kappa shape index (κ1) is 18.0. The van der Waals surface area contributed by atoms with Gasteiger partial charge in [0.1, 0.15) is 22.4 Å². The SMILES string of the molecule is Cc1nc(NCCNS(=O)(=O)c2ccccc2F)cc(-n2cccn2)n1. The summed E-state index contributed by atoms with van der Waals surface area (Å²) in [5, 5.41) is 7.12. The van der Waals surface area contributed by atoms with Gasteiger partial charge in [-0.2, -0.15) is 5.10 Å². The van der Waals surface area contributed by atoms with E-state index in [1.165, 1.54) is 18.2 Å². The molecule has 3 aromatic rings. The lowest BCUT2D eigenvalue weighted by molar-refractivity contribution is 0.558. The molecule has 1 aromatic carbocycles. The van der Waals surface area contributed by atoms with Gasteiger partial charge in [0.2, 0.25) is 10.0 Å². The van der Waals surface area contributed by atoms with Crippen LogP contribution in [-0.2, 0) is 10.0 Å². The number of nitrogens with one attached hydrogen (secondary N) is 2. The van der Waals surface area contributed by atoms with Crippen LogP contribution in [0.25, 0.3) is 5.82 Å². The molecule has 0 unspecified atom stereocenters. The number of aryl methyl sites for hydroxylation is 1. The van der Waals surface area contributed by atoms with E-state index in [9.17, 15) is 12.8 Å². The molecular formula is C16H17FN6O2S. The number of nitrogens with zero attached hydrogens (tertiary/aromatic N) is 4. The van der Waals surface area contributed by atoms with E-state index in [-0.39, 0.29) is 18.0 Å². The maximum Gasteiger partial charge on any atom is 0.243 e. The molecule has 136 valence electrons. The Morgan fingerprint density at radius 3 is 2.69 bits per heavy atom. The second-order valence-corrected chi connectivity index (χ2v) is 7.10. The third-order valence-electron chi connectivity index (χ3n) is 3.41. The number of rotatable bonds is 7. The number of halogens is 1. The first-order valence-electron chi connectivity index (χ1n) is 7.79. The third-order valence-corrected chi connectivity index (χ3v) is 4.91. The Morgan fingerprint density at radius 1 is 1.15 bits per heavy atom. The van der Waals surface area contributed by atoms with Crippen LogP contribution in [0.15, 0.2) is 53.7 Å². The molecule has 0 atom stereocenters. The molecule has 0 bridgehead atoms. The van der Waals surface area contributed by atoms with Crippen molar-refractivity contribution < 1.29 is 12.8 Å². The number of benzene rings is 1. The van der Waals surface area contributed by atoms with E-state index in [2.05, 4.69) is 25.1 Å². The standard InChI is InChI=1S/C16H17FN6O2S/c1-12-21-15(11-16(22-12)23-10-4-7-19-23)18-8-9-20-26(24,25)14-6-3-2-5-13(14)17/h2-7,10-11,20H,8-9H2,1H3,(H,18,21,22). The van der Waals surface area contributed by atoms with Gasteiger partial charge in [-0.05, 0) is 25.1 Å². The summed E-state index contributed by atoms with van der Waals surface area (Å²) < 4.78 is 41.8. The zero-order valence-corrected chi connectivity index (χ0v) is 14.7. The van der Waals surface area contributed by atoms with Crippen molar-refractivity contribution in [2.24, 2.45) is 0 Å². The summed E-state index contributed by atoms with van der Waals surface area (Å²) >= 11 is 0. The Morgan fingerprint density at radius 2 is 1.96 bits per heavy atom. The lowest BCUT2D eigenvalue weighted by Gasteiger charge is -2.10. The second-order valence-electron chi connectivity index (χ2n) is 5.36. The maximum absolute atomic E-state index is 13.6. The van der Waals surface area contributed by atoms with Gasteiger partial charge in [-0.3, -0.25) is 0 Å². The van der Waals surface area contributed by atoms with Crippen molar-refractivity contribution in [2.45, 2.75) is 11.8 Å². The molecule has 0 saturated heterocycles. The van der Waals surface area contributed by atoms with Crippen LogP contribution in [-0.4, -0.2) is 41.3 Å². The quantitative estimate of drug-likeness (QED) is 0.606. The predicted molar refractivity (Wildman–Crippen MR) is 94.0 cm³/mol. The number of anilines is 1.